The summed E-state index contributed by atoms with van der Waals surface area (Å²) < 4.78 is 42.1. The summed E-state index contributed by atoms with van der Waals surface area (Å²) in [4.78, 5) is 0. The zero-order valence-electron chi connectivity index (χ0n) is 10.5. The van der Waals surface area contributed by atoms with Crippen molar-refractivity contribution in [1.29, 1.82) is 0 Å². The van der Waals surface area contributed by atoms with E-state index < -0.39 is 12.4 Å². The molecular formula is C14H10ClF3INO. The van der Waals surface area contributed by atoms with E-state index in [1.807, 2.05) is 0 Å². The van der Waals surface area contributed by atoms with Crippen LogP contribution >= 0.6 is 34.2 Å². The molecule has 0 spiro atoms. The second-order valence-corrected chi connectivity index (χ2v) is 5.81. The molecule has 0 aliphatic carbocycles. The molecule has 0 saturated carbocycles. The Kier molecular flexibility index (Phi) is 5.00. The predicted molar refractivity (Wildman–Crippen MR) is 83.3 cm³/mol. The normalized spacial score (nSPS) is 13.0. The molecule has 0 bridgehead atoms. The third-order valence-electron chi connectivity index (χ3n) is 2.78. The maximum Gasteiger partial charge on any atom is 0.573 e. The Morgan fingerprint density at radius 2 is 1.81 bits per heavy atom. The van der Waals surface area contributed by atoms with Gasteiger partial charge in [-0.25, -0.2) is 0 Å². The van der Waals surface area contributed by atoms with Crippen molar-refractivity contribution in [3.63, 3.8) is 0 Å². The number of hydrogen-bond donors (Lipinski definition) is 1. The summed E-state index contributed by atoms with van der Waals surface area (Å²) in [7, 11) is 0. The highest BCUT2D eigenvalue weighted by Gasteiger charge is 2.32. The Labute approximate surface area is 138 Å². The molecule has 1 unspecified atom stereocenters. The maximum atomic E-state index is 12.4. The Bertz CT molecular complexity index is 648. The molecule has 1 atom stereocenters. The number of hydrogen-bond acceptors (Lipinski definition) is 2. The Morgan fingerprint density at radius 1 is 1.14 bits per heavy atom. The SMILES string of the molecule is NC(c1ccc(I)c(Cl)c1)c1ccccc1OC(F)(F)F. The van der Waals surface area contributed by atoms with E-state index >= 15 is 0 Å². The summed E-state index contributed by atoms with van der Waals surface area (Å²) in [5.74, 6) is -0.313. The lowest BCUT2D eigenvalue weighted by molar-refractivity contribution is -0.274. The van der Waals surface area contributed by atoms with Crippen LogP contribution in [0.3, 0.4) is 0 Å². The predicted octanol–water partition coefficient (Wildman–Crippen LogP) is 4.89. The van der Waals surface area contributed by atoms with Crippen LogP contribution in [-0.2, 0) is 0 Å². The van der Waals surface area contributed by atoms with Crippen molar-refractivity contribution in [2.75, 3.05) is 0 Å². The second kappa shape index (κ2) is 6.41. The van der Waals surface area contributed by atoms with E-state index in [1.54, 1.807) is 24.3 Å². The van der Waals surface area contributed by atoms with E-state index in [-0.39, 0.29) is 11.3 Å². The number of rotatable bonds is 3. The lowest BCUT2D eigenvalue weighted by Crippen LogP contribution is -2.20. The fraction of sp³-hybridized carbons (Fsp3) is 0.143. The Hall–Kier alpha value is -0.990. The molecule has 0 amide bonds. The van der Waals surface area contributed by atoms with Gasteiger partial charge in [0, 0.05) is 9.13 Å². The highest BCUT2D eigenvalue weighted by Crippen LogP contribution is 2.33. The fourth-order valence-electron chi connectivity index (χ4n) is 1.84. The van der Waals surface area contributed by atoms with Crippen LogP contribution in [0.2, 0.25) is 5.02 Å². The molecule has 0 heterocycles. The van der Waals surface area contributed by atoms with E-state index in [2.05, 4.69) is 27.3 Å². The summed E-state index contributed by atoms with van der Waals surface area (Å²) in [6, 6.07) is 10.1. The molecular weight excluding hydrogens is 418 g/mol. The molecule has 0 aromatic heterocycles. The zero-order chi connectivity index (χ0) is 15.6. The quantitative estimate of drug-likeness (QED) is 0.708. The molecule has 2 N–H and O–H groups in total. The van der Waals surface area contributed by atoms with Gasteiger partial charge in [-0.3, -0.25) is 0 Å². The van der Waals surface area contributed by atoms with Gasteiger partial charge in [-0.2, -0.15) is 0 Å². The summed E-state index contributed by atoms with van der Waals surface area (Å²) in [5, 5.41) is 0.498. The van der Waals surface area contributed by atoms with Gasteiger partial charge in [-0.1, -0.05) is 35.9 Å². The van der Waals surface area contributed by atoms with Crippen molar-refractivity contribution in [1.82, 2.24) is 0 Å². The van der Waals surface area contributed by atoms with Crippen LogP contribution in [-0.4, -0.2) is 6.36 Å². The molecule has 0 aliphatic rings. The number of nitrogens with two attached hydrogens (primary N) is 1. The molecule has 2 aromatic rings. The average Bonchev–Trinajstić information content (AvgIpc) is 2.40. The first-order valence-corrected chi connectivity index (χ1v) is 7.29. The Balaban J connectivity index is 2.38. The van der Waals surface area contributed by atoms with Crippen LogP contribution in [0.25, 0.3) is 0 Å². The van der Waals surface area contributed by atoms with E-state index in [1.165, 1.54) is 18.2 Å². The number of ether oxygens (including phenoxy) is 1. The van der Waals surface area contributed by atoms with E-state index in [0.717, 1.165) is 3.57 Å². The fourth-order valence-corrected chi connectivity index (χ4v) is 2.36. The van der Waals surface area contributed by atoms with Crippen molar-refractivity contribution in [3.05, 3.63) is 62.2 Å². The van der Waals surface area contributed by atoms with Gasteiger partial charge in [-0.05, 0) is 46.4 Å². The molecule has 0 aliphatic heterocycles. The summed E-state index contributed by atoms with van der Waals surface area (Å²) >= 11 is 8.07. The lowest BCUT2D eigenvalue weighted by atomic mass is 9.99. The van der Waals surface area contributed by atoms with Crippen LogP contribution in [0.4, 0.5) is 13.2 Å². The van der Waals surface area contributed by atoms with Crippen molar-refractivity contribution in [3.8, 4) is 5.75 Å². The molecule has 112 valence electrons. The summed E-state index contributed by atoms with van der Waals surface area (Å²) in [6.45, 7) is 0. The Morgan fingerprint density at radius 3 is 2.43 bits per heavy atom. The zero-order valence-corrected chi connectivity index (χ0v) is 13.4. The highest BCUT2D eigenvalue weighted by molar-refractivity contribution is 14.1. The van der Waals surface area contributed by atoms with Gasteiger partial charge in [0.1, 0.15) is 5.75 Å². The van der Waals surface area contributed by atoms with Crippen molar-refractivity contribution in [2.45, 2.75) is 12.4 Å². The van der Waals surface area contributed by atoms with Gasteiger partial charge < -0.3 is 10.5 Å². The molecule has 0 radical (unpaired) electrons. The van der Waals surface area contributed by atoms with Gasteiger partial charge in [0.2, 0.25) is 0 Å². The van der Waals surface area contributed by atoms with Crippen molar-refractivity contribution >= 4 is 34.2 Å². The van der Waals surface area contributed by atoms with Crippen molar-refractivity contribution < 1.29 is 17.9 Å². The first-order valence-electron chi connectivity index (χ1n) is 5.83. The molecule has 0 fully saturated rings. The number of benzene rings is 2. The second-order valence-electron chi connectivity index (χ2n) is 4.24. The van der Waals surface area contributed by atoms with Crippen LogP contribution in [0.15, 0.2) is 42.5 Å². The van der Waals surface area contributed by atoms with Gasteiger partial charge in [0.25, 0.3) is 0 Å². The lowest BCUT2D eigenvalue weighted by Gasteiger charge is -2.18. The molecule has 7 heteroatoms. The topological polar surface area (TPSA) is 35.2 Å². The van der Waals surface area contributed by atoms with E-state index in [9.17, 15) is 13.2 Å². The number of alkyl halides is 3. The molecule has 2 aromatic carbocycles. The minimum absolute atomic E-state index is 0.243. The highest BCUT2D eigenvalue weighted by atomic mass is 127. The molecule has 21 heavy (non-hydrogen) atoms. The monoisotopic (exact) mass is 427 g/mol. The number of para-hydroxylation sites is 1. The minimum Gasteiger partial charge on any atom is -0.405 e. The van der Waals surface area contributed by atoms with Crippen LogP contribution < -0.4 is 10.5 Å². The van der Waals surface area contributed by atoms with Crippen molar-refractivity contribution in [2.24, 2.45) is 5.73 Å². The largest absolute Gasteiger partial charge is 0.573 e. The van der Waals surface area contributed by atoms with E-state index in [4.69, 9.17) is 17.3 Å². The summed E-state index contributed by atoms with van der Waals surface area (Å²) in [6.07, 6.45) is -4.76. The van der Waals surface area contributed by atoms with Crippen LogP contribution in [0.5, 0.6) is 5.75 Å². The third kappa shape index (κ3) is 4.24. The third-order valence-corrected chi connectivity index (χ3v) is 4.35. The maximum absolute atomic E-state index is 12.4. The minimum atomic E-state index is -4.76. The van der Waals surface area contributed by atoms with E-state index in [0.29, 0.717) is 10.6 Å². The standard InChI is InChI=1S/C14H10ClF3INO/c15-10-7-8(5-6-11(10)19)13(20)9-3-1-2-4-12(9)21-14(16,17)18/h1-7,13H,20H2. The van der Waals surface area contributed by atoms with Gasteiger partial charge in [0.15, 0.2) is 0 Å². The first-order chi connectivity index (χ1) is 9.78. The summed E-state index contributed by atoms with van der Waals surface area (Å²) in [5.41, 5.74) is 6.90. The average molecular weight is 428 g/mol. The molecule has 2 rings (SSSR count). The van der Waals surface area contributed by atoms with Gasteiger partial charge >= 0.3 is 6.36 Å². The van der Waals surface area contributed by atoms with Crippen LogP contribution in [0.1, 0.15) is 17.2 Å². The van der Waals surface area contributed by atoms with Gasteiger partial charge in [0.05, 0.1) is 11.1 Å². The number of halogens is 5. The first kappa shape index (κ1) is 16.4. The smallest absolute Gasteiger partial charge is 0.405 e. The molecule has 0 saturated heterocycles. The van der Waals surface area contributed by atoms with Crippen LogP contribution in [0, 0.1) is 3.57 Å². The molecule has 2 nitrogen and oxygen atoms in total. The van der Waals surface area contributed by atoms with Gasteiger partial charge in [-0.15, -0.1) is 13.2 Å².